The molecule has 20 heavy (non-hydrogen) atoms. The molecule has 0 atom stereocenters. The minimum Gasteiger partial charge on any atom is -0.398 e. The number of carbonyl (C=O) groups excluding carboxylic acids is 2. The highest BCUT2D eigenvalue weighted by Crippen LogP contribution is 2.13. The van der Waals surface area contributed by atoms with Gasteiger partial charge >= 0.3 is 0 Å². The van der Waals surface area contributed by atoms with E-state index in [-0.39, 0.29) is 11.8 Å². The zero-order chi connectivity index (χ0) is 14.5. The van der Waals surface area contributed by atoms with Crippen molar-refractivity contribution in [2.45, 2.75) is 26.2 Å². The molecule has 1 aromatic rings. The molecule has 2 rings (SSSR count). The zero-order valence-corrected chi connectivity index (χ0v) is 11.8. The second-order valence-electron chi connectivity index (χ2n) is 5.17. The van der Waals surface area contributed by atoms with Gasteiger partial charge < -0.3 is 16.0 Å². The van der Waals surface area contributed by atoms with E-state index in [1.54, 1.807) is 12.1 Å². The summed E-state index contributed by atoms with van der Waals surface area (Å²) >= 11 is 0. The first-order chi connectivity index (χ1) is 9.58. The summed E-state index contributed by atoms with van der Waals surface area (Å²) < 4.78 is 0. The molecule has 0 unspecified atom stereocenters. The lowest BCUT2D eigenvalue weighted by atomic mass is 10.1. The normalized spacial score (nSPS) is 14.3. The smallest absolute Gasteiger partial charge is 0.251 e. The van der Waals surface area contributed by atoms with Crippen molar-refractivity contribution >= 4 is 17.5 Å². The molecule has 0 bridgehead atoms. The largest absolute Gasteiger partial charge is 0.398 e. The quantitative estimate of drug-likeness (QED) is 0.814. The summed E-state index contributed by atoms with van der Waals surface area (Å²) in [7, 11) is 0. The third kappa shape index (κ3) is 3.50. The van der Waals surface area contributed by atoms with Crippen LogP contribution in [0.1, 0.15) is 35.2 Å². The number of carbonyl (C=O) groups is 2. The van der Waals surface area contributed by atoms with Crippen LogP contribution >= 0.6 is 0 Å². The summed E-state index contributed by atoms with van der Waals surface area (Å²) in [6.45, 7) is 3.95. The number of benzene rings is 1. The van der Waals surface area contributed by atoms with E-state index in [1.807, 2.05) is 17.9 Å². The average Bonchev–Trinajstić information content (AvgIpc) is 2.95. The Hall–Kier alpha value is -2.04. The lowest BCUT2D eigenvalue weighted by molar-refractivity contribution is -0.129. The fourth-order valence-electron chi connectivity index (χ4n) is 2.29. The van der Waals surface area contributed by atoms with Crippen molar-refractivity contribution in [2.75, 3.05) is 25.4 Å². The molecule has 0 saturated carbocycles. The first kappa shape index (κ1) is 14.4. The number of amides is 2. The van der Waals surface area contributed by atoms with Gasteiger partial charge in [-0.3, -0.25) is 9.59 Å². The third-order valence-corrected chi connectivity index (χ3v) is 3.62. The molecular formula is C15H21N3O2. The van der Waals surface area contributed by atoms with Gasteiger partial charge in [0.15, 0.2) is 0 Å². The van der Waals surface area contributed by atoms with Gasteiger partial charge in [0, 0.05) is 37.3 Å². The predicted molar refractivity (Wildman–Crippen MR) is 78.4 cm³/mol. The topological polar surface area (TPSA) is 75.4 Å². The van der Waals surface area contributed by atoms with Crippen LogP contribution in [0.3, 0.4) is 0 Å². The molecule has 1 aromatic carbocycles. The number of nitrogens with one attached hydrogen (secondary N) is 1. The molecule has 0 aromatic heterocycles. The minimum atomic E-state index is -0.189. The van der Waals surface area contributed by atoms with E-state index in [1.165, 1.54) is 0 Å². The molecule has 1 aliphatic heterocycles. The van der Waals surface area contributed by atoms with E-state index in [0.717, 1.165) is 31.5 Å². The van der Waals surface area contributed by atoms with Gasteiger partial charge in [0.2, 0.25) is 5.91 Å². The third-order valence-electron chi connectivity index (χ3n) is 3.62. The van der Waals surface area contributed by atoms with Crippen molar-refractivity contribution in [1.29, 1.82) is 0 Å². The Kier molecular flexibility index (Phi) is 4.61. The Morgan fingerprint density at radius 2 is 2.00 bits per heavy atom. The number of nitrogen functional groups attached to an aromatic ring is 1. The van der Waals surface area contributed by atoms with Crippen molar-refractivity contribution in [3.63, 3.8) is 0 Å². The lowest BCUT2D eigenvalue weighted by Crippen LogP contribution is -2.32. The SMILES string of the molecule is Cc1ccc(C(=O)NCCC(=O)N2CCCC2)cc1N. The summed E-state index contributed by atoms with van der Waals surface area (Å²) in [5.41, 5.74) is 7.86. The summed E-state index contributed by atoms with van der Waals surface area (Å²) in [4.78, 5) is 25.6. The van der Waals surface area contributed by atoms with Crippen LogP contribution in [0, 0.1) is 6.92 Å². The summed E-state index contributed by atoms with van der Waals surface area (Å²) in [6, 6.07) is 5.22. The Labute approximate surface area is 119 Å². The summed E-state index contributed by atoms with van der Waals surface area (Å²) in [6.07, 6.45) is 2.52. The fourth-order valence-corrected chi connectivity index (χ4v) is 2.29. The van der Waals surface area contributed by atoms with Gasteiger partial charge in [-0.15, -0.1) is 0 Å². The molecule has 108 valence electrons. The van der Waals surface area contributed by atoms with Gasteiger partial charge in [-0.25, -0.2) is 0 Å². The van der Waals surface area contributed by atoms with Gasteiger partial charge in [0.1, 0.15) is 0 Å². The molecule has 5 heteroatoms. The average molecular weight is 275 g/mol. The summed E-state index contributed by atoms with van der Waals surface area (Å²) in [5.74, 6) is -0.0721. The van der Waals surface area contributed by atoms with E-state index < -0.39 is 0 Å². The van der Waals surface area contributed by atoms with Gasteiger partial charge in [0.25, 0.3) is 5.91 Å². The molecule has 1 aliphatic rings. The molecule has 1 saturated heterocycles. The standard InChI is InChI=1S/C15H21N3O2/c1-11-4-5-12(10-13(11)16)15(20)17-7-6-14(19)18-8-2-3-9-18/h4-5,10H,2-3,6-9,16H2,1H3,(H,17,20). The molecule has 2 amide bonds. The van der Waals surface area contributed by atoms with Gasteiger partial charge in [-0.2, -0.15) is 0 Å². The van der Waals surface area contributed by atoms with Crippen molar-refractivity contribution in [2.24, 2.45) is 0 Å². The summed E-state index contributed by atoms with van der Waals surface area (Å²) in [5, 5.41) is 2.76. The minimum absolute atomic E-state index is 0.117. The number of hydrogen-bond acceptors (Lipinski definition) is 3. The number of anilines is 1. The first-order valence-corrected chi connectivity index (χ1v) is 7.00. The molecule has 5 nitrogen and oxygen atoms in total. The second kappa shape index (κ2) is 6.41. The highest BCUT2D eigenvalue weighted by atomic mass is 16.2. The zero-order valence-electron chi connectivity index (χ0n) is 11.8. The van der Waals surface area contributed by atoms with Crippen molar-refractivity contribution in [3.8, 4) is 0 Å². The van der Waals surface area contributed by atoms with Gasteiger partial charge in [-0.1, -0.05) is 6.07 Å². The Balaban J connectivity index is 1.79. The monoisotopic (exact) mass is 275 g/mol. The molecular weight excluding hydrogens is 254 g/mol. The maximum absolute atomic E-state index is 11.9. The molecule has 3 N–H and O–H groups in total. The molecule has 0 spiro atoms. The van der Waals surface area contributed by atoms with Crippen LogP contribution < -0.4 is 11.1 Å². The first-order valence-electron chi connectivity index (χ1n) is 7.00. The van der Waals surface area contributed by atoms with E-state index in [0.29, 0.717) is 24.2 Å². The van der Waals surface area contributed by atoms with E-state index >= 15 is 0 Å². The van der Waals surface area contributed by atoms with Crippen LogP contribution in [0.2, 0.25) is 0 Å². The number of nitrogens with zero attached hydrogens (tertiary/aromatic N) is 1. The Bertz CT molecular complexity index is 508. The van der Waals surface area contributed by atoms with E-state index in [9.17, 15) is 9.59 Å². The van der Waals surface area contributed by atoms with E-state index in [2.05, 4.69) is 5.32 Å². The van der Waals surface area contributed by atoms with Crippen molar-refractivity contribution < 1.29 is 9.59 Å². The lowest BCUT2D eigenvalue weighted by Gasteiger charge is -2.15. The van der Waals surface area contributed by atoms with Crippen LogP contribution in [-0.2, 0) is 4.79 Å². The molecule has 1 heterocycles. The number of rotatable bonds is 4. The fraction of sp³-hybridized carbons (Fsp3) is 0.467. The second-order valence-corrected chi connectivity index (χ2v) is 5.17. The number of likely N-dealkylation sites (tertiary alicyclic amines) is 1. The predicted octanol–water partition coefficient (Wildman–Crippen LogP) is 1.32. The highest BCUT2D eigenvalue weighted by molar-refractivity contribution is 5.95. The van der Waals surface area contributed by atoms with Crippen LogP contribution in [0.25, 0.3) is 0 Å². The van der Waals surface area contributed by atoms with Crippen LogP contribution in [0.4, 0.5) is 5.69 Å². The Morgan fingerprint density at radius 1 is 1.30 bits per heavy atom. The number of hydrogen-bond donors (Lipinski definition) is 2. The maximum atomic E-state index is 11.9. The molecule has 1 fully saturated rings. The van der Waals surface area contributed by atoms with Gasteiger partial charge in [0.05, 0.1) is 0 Å². The van der Waals surface area contributed by atoms with Crippen molar-refractivity contribution in [1.82, 2.24) is 10.2 Å². The van der Waals surface area contributed by atoms with Crippen molar-refractivity contribution in [3.05, 3.63) is 29.3 Å². The molecule has 0 aliphatic carbocycles. The van der Waals surface area contributed by atoms with E-state index in [4.69, 9.17) is 5.73 Å². The number of aryl methyl sites for hydroxylation is 1. The highest BCUT2D eigenvalue weighted by Gasteiger charge is 2.17. The van der Waals surface area contributed by atoms with Gasteiger partial charge in [-0.05, 0) is 37.5 Å². The molecule has 0 radical (unpaired) electrons. The Morgan fingerprint density at radius 3 is 2.65 bits per heavy atom. The van der Waals surface area contributed by atoms with Crippen LogP contribution in [0.15, 0.2) is 18.2 Å². The van der Waals surface area contributed by atoms with Crippen LogP contribution in [-0.4, -0.2) is 36.3 Å². The maximum Gasteiger partial charge on any atom is 0.251 e. The van der Waals surface area contributed by atoms with Crippen LogP contribution in [0.5, 0.6) is 0 Å². The number of nitrogens with two attached hydrogens (primary N) is 1.